The van der Waals surface area contributed by atoms with Crippen LogP contribution in [0.1, 0.15) is 109 Å². The number of amides is 1. The van der Waals surface area contributed by atoms with Gasteiger partial charge in [0, 0.05) is 19.5 Å². The number of carbonyl (C=O) groups excluding carboxylic acids is 1. The predicted molar refractivity (Wildman–Crippen MR) is 163 cm³/mol. The van der Waals surface area contributed by atoms with E-state index in [9.17, 15) is 4.79 Å². The number of benzene rings is 2. The van der Waals surface area contributed by atoms with Crippen LogP contribution in [0.15, 0.2) is 54.6 Å². The van der Waals surface area contributed by atoms with Gasteiger partial charge < -0.3 is 14.6 Å². The van der Waals surface area contributed by atoms with Gasteiger partial charge in [0.25, 0.3) is 5.91 Å². The quantitative estimate of drug-likeness (QED) is 0.131. The molecule has 0 unspecified atom stereocenters. The van der Waals surface area contributed by atoms with Crippen molar-refractivity contribution in [2.75, 3.05) is 13.2 Å². The van der Waals surface area contributed by atoms with Gasteiger partial charge >= 0.3 is 0 Å². The molecule has 0 aliphatic rings. The van der Waals surface area contributed by atoms with Crippen molar-refractivity contribution < 1.29 is 9.53 Å². The Kier molecular flexibility index (Phi) is 15.2. The molecule has 0 saturated carbocycles. The van der Waals surface area contributed by atoms with E-state index in [0.717, 1.165) is 30.7 Å². The van der Waals surface area contributed by atoms with E-state index in [1.54, 1.807) is 0 Å². The number of para-hydroxylation sites is 3. The highest BCUT2D eigenvalue weighted by Gasteiger charge is 2.10. The summed E-state index contributed by atoms with van der Waals surface area (Å²) in [7, 11) is 0. The number of hydrogen-bond acceptors (Lipinski definition) is 3. The fourth-order valence-corrected chi connectivity index (χ4v) is 5.22. The highest BCUT2D eigenvalue weighted by molar-refractivity contribution is 5.77. The molecule has 5 nitrogen and oxygen atoms in total. The maximum atomic E-state index is 12.1. The van der Waals surface area contributed by atoms with E-state index in [2.05, 4.69) is 41.1 Å². The molecule has 0 radical (unpaired) electrons. The first-order valence-corrected chi connectivity index (χ1v) is 15.7. The molecule has 2 aromatic carbocycles. The van der Waals surface area contributed by atoms with Gasteiger partial charge in [-0.3, -0.25) is 4.79 Å². The van der Waals surface area contributed by atoms with Crippen molar-refractivity contribution in [3.63, 3.8) is 0 Å². The summed E-state index contributed by atoms with van der Waals surface area (Å²) in [6.45, 7) is 3.97. The molecule has 0 aliphatic heterocycles. The van der Waals surface area contributed by atoms with Crippen molar-refractivity contribution in [1.82, 2.24) is 14.9 Å². The topological polar surface area (TPSA) is 56.2 Å². The molecule has 1 aromatic heterocycles. The van der Waals surface area contributed by atoms with Crippen LogP contribution in [-0.4, -0.2) is 28.6 Å². The van der Waals surface area contributed by atoms with Crippen LogP contribution in [0.4, 0.5) is 0 Å². The molecular formula is C34H51N3O2. The predicted octanol–water partition coefficient (Wildman–Crippen LogP) is 8.65. The number of aromatic nitrogens is 2. The van der Waals surface area contributed by atoms with E-state index in [-0.39, 0.29) is 12.5 Å². The van der Waals surface area contributed by atoms with Gasteiger partial charge in [0.2, 0.25) is 0 Å². The number of nitrogens with one attached hydrogen (secondary N) is 1. The molecule has 3 aromatic rings. The van der Waals surface area contributed by atoms with Gasteiger partial charge in [-0.1, -0.05) is 121 Å². The molecule has 1 N–H and O–H groups in total. The van der Waals surface area contributed by atoms with Crippen LogP contribution in [0.5, 0.6) is 5.75 Å². The number of rotatable bonds is 22. The molecule has 0 saturated heterocycles. The maximum absolute atomic E-state index is 12.1. The SMILES string of the molecule is CCCCCCCCCCCCCCCCn1c(CCCNC(=O)COc2ccccc2)nc2ccccc21. The van der Waals surface area contributed by atoms with Gasteiger partial charge in [-0.05, 0) is 37.1 Å². The smallest absolute Gasteiger partial charge is 0.257 e. The minimum absolute atomic E-state index is 0.0433. The number of aryl methyl sites for hydroxylation is 2. The normalized spacial score (nSPS) is 11.2. The summed E-state index contributed by atoms with van der Waals surface area (Å²) in [5, 5.41) is 2.97. The Morgan fingerprint density at radius 2 is 1.33 bits per heavy atom. The van der Waals surface area contributed by atoms with Gasteiger partial charge in [-0.2, -0.15) is 0 Å². The molecule has 5 heteroatoms. The summed E-state index contributed by atoms with van der Waals surface area (Å²) in [5.41, 5.74) is 2.29. The van der Waals surface area contributed by atoms with Crippen molar-refractivity contribution in [2.24, 2.45) is 0 Å². The molecule has 0 atom stereocenters. The minimum Gasteiger partial charge on any atom is -0.484 e. The zero-order chi connectivity index (χ0) is 27.4. The lowest BCUT2D eigenvalue weighted by atomic mass is 10.0. The van der Waals surface area contributed by atoms with E-state index < -0.39 is 0 Å². The lowest BCUT2D eigenvalue weighted by Gasteiger charge is -2.10. The van der Waals surface area contributed by atoms with Crippen molar-refractivity contribution in [3.05, 3.63) is 60.4 Å². The van der Waals surface area contributed by atoms with Crippen molar-refractivity contribution in [2.45, 2.75) is 116 Å². The van der Waals surface area contributed by atoms with E-state index >= 15 is 0 Å². The zero-order valence-electron chi connectivity index (χ0n) is 24.3. The number of hydrogen-bond donors (Lipinski definition) is 1. The van der Waals surface area contributed by atoms with E-state index in [0.29, 0.717) is 12.3 Å². The monoisotopic (exact) mass is 533 g/mol. The summed E-state index contributed by atoms with van der Waals surface area (Å²) < 4.78 is 7.93. The van der Waals surface area contributed by atoms with Crippen LogP contribution < -0.4 is 10.1 Å². The van der Waals surface area contributed by atoms with Crippen LogP contribution in [0, 0.1) is 0 Å². The molecular weight excluding hydrogens is 482 g/mol. The van der Waals surface area contributed by atoms with Crippen LogP contribution in [0.3, 0.4) is 0 Å². The number of ether oxygens (including phenoxy) is 1. The molecule has 1 heterocycles. The molecule has 0 spiro atoms. The summed E-state index contributed by atoms with van der Waals surface area (Å²) in [4.78, 5) is 17.1. The molecule has 0 aliphatic carbocycles. The molecule has 0 bridgehead atoms. The third-order valence-electron chi connectivity index (χ3n) is 7.48. The highest BCUT2D eigenvalue weighted by atomic mass is 16.5. The maximum Gasteiger partial charge on any atom is 0.257 e. The third-order valence-corrected chi connectivity index (χ3v) is 7.48. The molecule has 39 heavy (non-hydrogen) atoms. The number of imidazole rings is 1. The third kappa shape index (κ3) is 12.3. The van der Waals surface area contributed by atoms with E-state index in [4.69, 9.17) is 9.72 Å². The Labute approximate surface area is 236 Å². The number of carbonyl (C=O) groups is 1. The number of fused-ring (bicyclic) bond motifs is 1. The second-order valence-corrected chi connectivity index (χ2v) is 10.8. The lowest BCUT2D eigenvalue weighted by Crippen LogP contribution is -2.30. The van der Waals surface area contributed by atoms with Gasteiger partial charge in [0.05, 0.1) is 11.0 Å². The first kappa shape index (κ1) is 30.7. The van der Waals surface area contributed by atoms with E-state index in [1.807, 2.05) is 30.3 Å². The van der Waals surface area contributed by atoms with Crippen LogP contribution in [-0.2, 0) is 17.8 Å². The van der Waals surface area contributed by atoms with Gasteiger partial charge in [0.1, 0.15) is 11.6 Å². The second-order valence-electron chi connectivity index (χ2n) is 10.8. The van der Waals surface area contributed by atoms with Crippen molar-refractivity contribution >= 4 is 16.9 Å². The first-order valence-electron chi connectivity index (χ1n) is 15.7. The second kappa shape index (κ2) is 19.3. The summed E-state index contributed by atoms with van der Waals surface area (Å²) in [6, 6.07) is 17.9. The zero-order valence-corrected chi connectivity index (χ0v) is 24.3. The van der Waals surface area contributed by atoms with Gasteiger partial charge in [-0.25, -0.2) is 4.98 Å². The van der Waals surface area contributed by atoms with Gasteiger partial charge in [-0.15, -0.1) is 0 Å². The fourth-order valence-electron chi connectivity index (χ4n) is 5.22. The number of unbranched alkanes of at least 4 members (excludes halogenated alkanes) is 13. The Balaban J connectivity index is 1.28. The largest absolute Gasteiger partial charge is 0.484 e. The Morgan fingerprint density at radius 3 is 2.00 bits per heavy atom. The summed E-state index contributed by atoms with van der Waals surface area (Å²) in [6.07, 6.45) is 21.0. The van der Waals surface area contributed by atoms with Crippen LogP contribution in [0.25, 0.3) is 11.0 Å². The molecule has 0 fully saturated rings. The molecule has 3 rings (SSSR count). The summed E-state index contributed by atoms with van der Waals surface area (Å²) in [5.74, 6) is 1.75. The Morgan fingerprint density at radius 1 is 0.744 bits per heavy atom. The first-order chi connectivity index (χ1) is 19.3. The lowest BCUT2D eigenvalue weighted by molar-refractivity contribution is -0.123. The van der Waals surface area contributed by atoms with E-state index in [1.165, 1.54) is 95.4 Å². The summed E-state index contributed by atoms with van der Waals surface area (Å²) >= 11 is 0. The molecule has 1 amide bonds. The average Bonchev–Trinajstić information content (AvgIpc) is 3.32. The number of nitrogens with zero attached hydrogens (tertiary/aromatic N) is 2. The standard InChI is InChI=1S/C34H51N3O2/c1-2-3-4-5-6-7-8-9-10-11-12-13-14-20-28-37-32-25-19-18-24-31(32)36-33(37)26-21-27-35-34(38)29-39-30-22-16-15-17-23-30/h15-19,22-25H,2-14,20-21,26-29H2,1H3,(H,35,38). The Hall–Kier alpha value is -2.82. The Bertz CT molecular complexity index is 1050. The van der Waals surface area contributed by atoms with Crippen molar-refractivity contribution in [3.8, 4) is 5.75 Å². The minimum atomic E-state index is -0.0882. The molecule has 214 valence electrons. The van der Waals surface area contributed by atoms with Gasteiger partial charge in [0.15, 0.2) is 6.61 Å². The van der Waals surface area contributed by atoms with Crippen LogP contribution in [0.2, 0.25) is 0 Å². The highest BCUT2D eigenvalue weighted by Crippen LogP contribution is 2.19. The average molecular weight is 534 g/mol. The fraction of sp³-hybridized carbons (Fsp3) is 0.588. The van der Waals surface area contributed by atoms with Crippen LogP contribution >= 0.6 is 0 Å². The van der Waals surface area contributed by atoms with Crippen molar-refractivity contribution in [1.29, 1.82) is 0 Å².